The fourth-order valence-electron chi connectivity index (χ4n) is 2.51. The molecule has 0 saturated carbocycles. The number of nitro benzene ring substituents is 1. The van der Waals surface area contributed by atoms with Crippen molar-refractivity contribution in [1.82, 2.24) is 5.32 Å². The molecular weight excluding hydrogens is 352 g/mol. The molecular formula is C18H16N4O3S. The Balaban J connectivity index is 1.72. The van der Waals surface area contributed by atoms with Crippen LogP contribution in [0.5, 0.6) is 0 Å². The number of thioether (sulfide) groups is 1. The monoisotopic (exact) mass is 368 g/mol. The number of amidine groups is 1. The zero-order valence-corrected chi connectivity index (χ0v) is 14.8. The lowest BCUT2D eigenvalue weighted by Gasteiger charge is -2.05. The van der Waals surface area contributed by atoms with Gasteiger partial charge >= 0.3 is 0 Å². The number of carbonyl (C=O) groups excluding carboxylic acids is 1. The Morgan fingerprint density at radius 2 is 1.88 bits per heavy atom. The van der Waals surface area contributed by atoms with Crippen molar-refractivity contribution < 1.29 is 9.72 Å². The zero-order valence-electron chi connectivity index (χ0n) is 14.0. The van der Waals surface area contributed by atoms with Gasteiger partial charge in [0.15, 0.2) is 5.17 Å². The van der Waals surface area contributed by atoms with Crippen molar-refractivity contribution in [3.05, 3.63) is 75.8 Å². The summed E-state index contributed by atoms with van der Waals surface area (Å²) >= 11 is 1.23. The van der Waals surface area contributed by atoms with Crippen LogP contribution in [0.15, 0.2) is 64.8 Å². The van der Waals surface area contributed by atoms with Gasteiger partial charge in [0.05, 0.1) is 15.9 Å². The molecule has 0 spiro atoms. The lowest BCUT2D eigenvalue weighted by Crippen LogP contribution is -2.26. The summed E-state index contributed by atoms with van der Waals surface area (Å²) in [5.41, 5.74) is 2.22. The second-order valence-electron chi connectivity index (χ2n) is 5.64. The van der Waals surface area contributed by atoms with E-state index in [-0.39, 0.29) is 18.0 Å². The second kappa shape index (κ2) is 7.92. The molecule has 2 aromatic carbocycles. The third-order valence-electron chi connectivity index (χ3n) is 3.85. The van der Waals surface area contributed by atoms with E-state index >= 15 is 0 Å². The van der Waals surface area contributed by atoms with E-state index in [4.69, 9.17) is 0 Å². The zero-order chi connectivity index (χ0) is 18.5. The number of nitro groups is 1. The highest BCUT2D eigenvalue weighted by Crippen LogP contribution is 2.27. The second-order valence-corrected chi connectivity index (χ2v) is 6.83. The van der Waals surface area contributed by atoms with Gasteiger partial charge in [0.25, 0.3) is 5.69 Å². The average molecular weight is 368 g/mol. The quantitative estimate of drug-likeness (QED) is 0.498. The van der Waals surface area contributed by atoms with E-state index in [1.54, 1.807) is 18.2 Å². The standard InChI is InChI=1S/C18H16N4O3S/c1-12(13-7-3-2-4-8-13)20-21-18-19-17(23)16(26-18)11-14-9-5-6-10-15(14)22(24)25/h2-10,16H,11H2,1H3,(H,19,21,23)/b20-12-. The minimum atomic E-state index is -0.470. The van der Waals surface area contributed by atoms with Crippen molar-refractivity contribution in [2.45, 2.75) is 18.6 Å². The summed E-state index contributed by atoms with van der Waals surface area (Å²) in [5, 5.41) is 22.0. The fourth-order valence-corrected chi connectivity index (χ4v) is 3.45. The van der Waals surface area contributed by atoms with Crippen molar-refractivity contribution >= 4 is 34.2 Å². The van der Waals surface area contributed by atoms with Gasteiger partial charge in [0.1, 0.15) is 0 Å². The Morgan fingerprint density at radius 3 is 2.62 bits per heavy atom. The lowest BCUT2D eigenvalue weighted by atomic mass is 10.1. The molecule has 1 unspecified atom stereocenters. The average Bonchev–Trinajstić information content (AvgIpc) is 3.00. The highest BCUT2D eigenvalue weighted by molar-refractivity contribution is 8.15. The third kappa shape index (κ3) is 4.15. The van der Waals surface area contributed by atoms with Crippen molar-refractivity contribution in [3.8, 4) is 0 Å². The fraction of sp³-hybridized carbons (Fsp3) is 0.167. The predicted molar refractivity (Wildman–Crippen MR) is 102 cm³/mol. The van der Waals surface area contributed by atoms with Gasteiger partial charge in [0, 0.05) is 18.1 Å². The predicted octanol–water partition coefficient (Wildman–Crippen LogP) is 3.15. The number of hydrogen-bond donors (Lipinski definition) is 1. The van der Waals surface area contributed by atoms with E-state index in [1.807, 2.05) is 37.3 Å². The number of hydrogen-bond acceptors (Lipinski definition) is 6. The molecule has 1 saturated heterocycles. The molecule has 1 aliphatic heterocycles. The number of rotatable bonds is 5. The molecule has 3 rings (SSSR count). The largest absolute Gasteiger partial charge is 0.303 e. The molecule has 26 heavy (non-hydrogen) atoms. The number of para-hydroxylation sites is 1. The minimum Gasteiger partial charge on any atom is -0.303 e. The van der Waals surface area contributed by atoms with Crippen LogP contribution in [0.3, 0.4) is 0 Å². The van der Waals surface area contributed by atoms with Gasteiger partial charge in [-0.2, -0.15) is 5.10 Å². The maximum atomic E-state index is 12.2. The summed E-state index contributed by atoms with van der Waals surface area (Å²) in [6, 6.07) is 16.0. The van der Waals surface area contributed by atoms with Gasteiger partial charge in [-0.05, 0) is 12.5 Å². The van der Waals surface area contributed by atoms with Crippen LogP contribution in [-0.4, -0.2) is 27.0 Å². The van der Waals surface area contributed by atoms with E-state index in [1.165, 1.54) is 17.8 Å². The first-order valence-electron chi connectivity index (χ1n) is 7.92. The summed E-state index contributed by atoms with van der Waals surface area (Å²) < 4.78 is 0. The Labute approximate surface area is 154 Å². The molecule has 8 heteroatoms. The van der Waals surface area contributed by atoms with Crippen LogP contribution in [0.2, 0.25) is 0 Å². The molecule has 7 nitrogen and oxygen atoms in total. The van der Waals surface area contributed by atoms with Crippen LogP contribution in [0.1, 0.15) is 18.1 Å². The summed E-state index contributed by atoms with van der Waals surface area (Å²) in [6.07, 6.45) is 0.258. The van der Waals surface area contributed by atoms with Crippen LogP contribution in [0, 0.1) is 10.1 Å². The number of nitrogens with one attached hydrogen (secondary N) is 1. The first-order valence-corrected chi connectivity index (χ1v) is 8.80. The molecule has 1 aliphatic rings. The summed E-state index contributed by atoms with van der Waals surface area (Å²) in [4.78, 5) is 22.8. The van der Waals surface area contributed by atoms with E-state index in [0.29, 0.717) is 10.7 Å². The molecule has 2 aromatic rings. The molecule has 1 fully saturated rings. The first-order chi connectivity index (χ1) is 12.5. The highest BCUT2D eigenvalue weighted by atomic mass is 32.2. The molecule has 0 bridgehead atoms. The van der Waals surface area contributed by atoms with Gasteiger partial charge in [0.2, 0.25) is 5.91 Å². The summed E-state index contributed by atoms with van der Waals surface area (Å²) in [7, 11) is 0. The Hall–Kier alpha value is -3.00. The molecule has 1 heterocycles. The Morgan fingerprint density at radius 1 is 1.19 bits per heavy atom. The summed E-state index contributed by atoms with van der Waals surface area (Å²) in [5.74, 6) is -0.223. The highest BCUT2D eigenvalue weighted by Gasteiger charge is 2.32. The molecule has 1 amide bonds. The van der Waals surface area contributed by atoms with Crippen LogP contribution >= 0.6 is 11.8 Å². The maximum absolute atomic E-state index is 12.2. The molecule has 1 atom stereocenters. The van der Waals surface area contributed by atoms with E-state index in [2.05, 4.69) is 15.5 Å². The first kappa shape index (κ1) is 17.8. The Kier molecular flexibility index (Phi) is 5.43. The topological polar surface area (TPSA) is 97.0 Å². The van der Waals surface area contributed by atoms with Gasteiger partial charge in [-0.1, -0.05) is 60.3 Å². The van der Waals surface area contributed by atoms with E-state index < -0.39 is 10.2 Å². The summed E-state index contributed by atoms with van der Waals surface area (Å²) in [6.45, 7) is 1.84. The Bertz CT molecular complexity index is 896. The van der Waals surface area contributed by atoms with Crippen molar-refractivity contribution in [1.29, 1.82) is 0 Å². The van der Waals surface area contributed by atoms with Crippen LogP contribution in [0.25, 0.3) is 0 Å². The normalized spacial score (nSPS) is 18.8. The molecule has 132 valence electrons. The van der Waals surface area contributed by atoms with E-state index in [0.717, 1.165) is 11.3 Å². The molecule has 0 aromatic heterocycles. The van der Waals surface area contributed by atoms with Gasteiger partial charge in [-0.25, -0.2) is 0 Å². The van der Waals surface area contributed by atoms with Crippen molar-refractivity contribution in [2.24, 2.45) is 10.2 Å². The van der Waals surface area contributed by atoms with Gasteiger partial charge in [-0.15, -0.1) is 5.10 Å². The third-order valence-corrected chi connectivity index (χ3v) is 4.92. The number of amides is 1. The van der Waals surface area contributed by atoms with Gasteiger partial charge in [-0.3, -0.25) is 14.9 Å². The molecule has 0 radical (unpaired) electrons. The van der Waals surface area contributed by atoms with Crippen LogP contribution in [-0.2, 0) is 11.2 Å². The maximum Gasteiger partial charge on any atom is 0.272 e. The molecule has 1 N–H and O–H groups in total. The molecule has 0 aliphatic carbocycles. The minimum absolute atomic E-state index is 0.0178. The van der Waals surface area contributed by atoms with Crippen LogP contribution in [0.4, 0.5) is 5.69 Å². The van der Waals surface area contributed by atoms with Gasteiger partial charge < -0.3 is 5.32 Å². The van der Waals surface area contributed by atoms with E-state index in [9.17, 15) is 14.9 Å². The van der Waals surface area contributed by atoms with Crippen molar-refractivity contribution in [3.63, 3.8) is 0 Å². The van der Waals surface area contributed by atoms with Crippen LogP contribution < -0.4 is 5.32 Å². The SMILES string of the molecule is C/C(=N/N=C1\NC(=O)C(Cc2ccccc2[N+](=O)[O-])S1)c1ccccc1. The number of benzene rings is 2. The van der Waals surface area contributed by atoms with Crippen molar-refractivity contribution in [2.75, 3.05) is 0 Å². The number of carbonyl (C=O) groups is 1. The lowest BCUT2D eigenvalue weighted by molar-refractivity contribution is -0.385. The smallest absolute Gasteiger partial charge is 0.272 e. The number of nitrogens with zero attached hydrogens (tertiary/aromatic N) is 3.